The Hall–Kier alpha value is -2.56. The molecule has 0 aliphatic heterocycles. The fraction of sp³-hybridized carbons (Fsp3) is 0.368. The Morgan fingerprint density at radius 3 is 2.54 bits per heavy atom. The van der Waals surface area contributed by atoms with E-state index in [1.165, 1.54) is 0 Å². The van der Waals surface area contributed by atoms with E-state index in [9.17, 15) is 9.59 Å². The molecule has 2 rings (SSSR count). The maximum atomic E-state index is 12.2. The second-order valence-corrected chi connectivity index (χ2v) is 5.61. The van der Waals surface area contributed by atoms with Gasteiger partial charge in [-0.15, -0.1) is 0 Å². The fourth-order valence-corrected chi connectivity index (χ4v) is 2.49. The van der Waals surface area contributed by atoms with E-state index >= 15 is 0 Å². The third-order valence-electron chi connectivity index (χ3n) is 3.73. The number of ether oxygens (including phenoxy) is 1. The molecule has 0 aliphatic carbocycles. The van der Waals surface area contributed by atoms with Gasteiger partial charge in [-0.25, -0.2) is 9.59 Å². The summed E-state index contributed by atoms with van der Waals surface area (Å²) in [6, 6.07) is 12.6. The number of rotatable bonds is 7. The van der Waals surface area contributed by atoms with Crippen molar-refractivity contribution in [3.05, 3.63) is 42.5 Å². The zero-order valence-electron chi connectivity index (χ0n) is 14.2. The highest BCUT2D eigenvalue weighted by Gasteiger charge is 2.21. The first-order valence-corrected chi connectivity index (χ1v) is 8.37. The number of anilines is 1. The minimum absolute atomic E-state index is 0.301. The van der Waals surface area contributed by atoms with E-state index in [1.54, 1.807) is 6.92 Å². The Labute approximate surface area is 142 Å². The molecule has 2 aromatic rings. The van der Waals surface area contributed by atoms with Crippen LogP contribution in [0.1, 0.15) is 33.1 Å². The van der Waals surface area contributed by atoms with Crippen molar-refractivity contribution in [3.8, 4) is 0 Å². The number of benzene rings is 2. The van der Waals surface area contributed by atoms with Gasteiger partial charge < -0.3 is 15.4 Å². The molecule has 1 unspecified atom stereocenters. The lowest BCUT2D eigenvalue weighted by Crippen LogP contribution is -2.43. The molecule has 2 aromatic carbocycles. The van der Waals surface area contributed by atoms with Crippen molar-refractivity contribution >= 4 is 28.5 Å². The summed E-state index contributed by atoms with van der Waals surface area (Å²) in [4.78, 5) is 24.1. The Morgan fingerprint density at radius 2 is 1.83 bits per heavy atom. The zero-order valence-corrected chi connectivity index (χ0v) is 14.2. The van der Waals surface area contributed by atoms with Crippen LogP contribution in [-0.4, -0.2) is 24.6 Å². The second-order valence-electron chi connectivity index (χ2n) is 5.61. The molecule has 0 spiro atoms. The van der Waals surface area contributed by atoms with Gasteiger partial charge in [0.2, 0.25) is 0 Å². The average Bonchev–Trinajstić information content (AvgIpc) is 2.58. The molecule has 2 amide bonds. The van der Waals surface area contributed by atoms with Crippen LogP contribution >= 0.6 is 0 Å². The van der Waals surface area contributed by atoms with Gasteiger partial charge in [-0.05, 0) is 36.2 Å². The van der Waals surface area contributed by atoms with Gasteiger partial charge in [0.15, 0.2) is 0 Å². The summed E-state index contributed by atoms with van der Waals surface area (Å²) in [6.07, 6.45) is 2.37. The Morgan fingerprint density at radius 1 is 1.08 bits per heavy atom. The lowest BCUT2D eigenvalue weighted by Gasteiger charge is -2.17. The number of hydrogen-bond donors (Lipinski definition) is 2. The predicted molar refractivity (Wildman–Crippen MR) is 96.0 cm³/mol. The maximum Gasteiger partial charge on any atom is 0.328 e. The van der Waals surface area contributed by atoms with Crippen molar-refractivity contribution in [1.29, 1.82) is 0 Å². The number of carbonyl (C=O) groups is 2. The first-order valence-electron chi connectivity index (χ1n) is 8.37. The summed E-state index contributed by atoms with van der Waals surface area (Å²) in [5.41, 5.74) is 0.685. The van der Waals surface area contributed by atoms with Crippen molar-refractivity contribution < 1.29 is 14.3 Å². The standard InChI is InChI=1S/C19H24N2O3/c1-3-5-10-17(18(22)24-4-2)21-19(23)20-16-12-11-14-8-6-7-9-15(14)13-16/h6-9,11-13,17H,3-5,10H2,1-2H3,(H2,20,21,23). The van der Waals surface area contributed by atoms with Crippen molar-refractivity contribution in [3.63, 3.8) is 0 Å². The minimum Gasteiger partial charge on any atom is -0.464 e. The highest BCUT2D eigenvalue weighted by atomic mass is 16.5. The third-order valence-corrected chi connectivity index (χ3v) is 3.73. The van der Waals surface area contributed by atoms with Gasteiger partial charge in [0.05, 0.1) is 6.61 Å². The predicted octanol–water partition coefficient (Wildman–Crippen LogP) is 4.08. The van der Waals surface area contributed by atoms with Crippen LogP contribution in [0.4, 0.5) is 10.5 Å². The van der Waals surface area contributed by atoms with Crippen LogP contribution in [0, 0.1) is 0 Å². The zero-order chi connectivity index (χ0) is 17.4. The van der Waals surface area contributed by atoms with Crippen LogP contribution < -0.4 is 10.6 Å². The van der Waals surface area contributed by atoms with Gasteiger partial charge in [-0.2, -0.15) is 0 Å². The third kappa shape index (κ3) is 4.98. The van der Waals surface area contributed by atoms with Crippen molar-refractivity contribution in [2.75, 3.05) is 11.9 Å². The number of fused-ring (bicyclic) bond motifs is 1. The summed E-state index contributed by atoms with van der Waals surface area (Å²) in [5, 5.41) is 7.64. The molecule has 0 fully saturated rings. The van der Waals surface area contributed by atoms with Gasteiger partial charge in [0, 0.05) is 5.69 Å². The molecule has 1 atom stereocenters. The number of carbonyl (C=O) groups excluding carboxylic acids is 2. The monoisotopic (exact) mass is 328 g/mol. The summed E-state index contributed by atoms with van der Waals surface area (Å²) in [5.74, 6) is -0.389. The van der Waals surface area contributed by atoms with Crippen LogP contribution in [0.2, 0.25) is 0 Å². The molecule has 5 heteroatoms. The highest BCUT2D eigenvalue weighted by Crippen LogP contribution is 2.18. The van der Waals surface area contributed by atoms with Gasteiger partial charge in [-0.3, -0.25) is 0 Å². The smallest absolute Gasteiger partial charge is 0.328 e. The quantitative estimate of drug-likeness (QED) is 0.753. The molecule has 0 radical (unpaired) electrons. The molecule has 0 aliphatic rings. The maximum absolute atomic E-state index is 12.2. The largest absolute Gasteiger partial charge is 0.464 e. The Kier molecular flexibility index (Phi) is 6.61. The molecule has 24 heavy (non-hydrogen) atoms. The second kappa shape index (κ2) is 8.91. The van der Waals surface area contributed by atoms with Crippen molar-refractivity contribution in [2.45, 2.75) is 39.2 Å². The number of unbranched alkanes of at least 4 members (excludes halogenated alkanes) is 1. The molecule has 5 nitrogen and oxygen atoms in total. The van der Waals surface area contributed by atoms with E-state index in [4.69, 9.17) is 4.74 Å². The summed E-state index contributed by atoms with van der Waals surface area (Å²) < 4.78 is 5.03. The molecule has 128 valence electrons. The average molecular weight is 328 g/mol. The van der Waals surface area contributed by atoms with Gasteiger partial charge in [-0.1, -0.05) is 50.1 Å². The Balaban J connectivity index is 2.01. The lowest BCUT2D eigenvalue weighted by atomic mass is 10.1. The summed E-state index contributed by atoms with van der Waals surface area (Å²) in [6.45, 7) is 4.09. The van der Waals surface area contributed by atoms with Crippen LogP contribution in [0.15, 0.2) is 42.5 Å². The number of urea groups is 1. The van der Waals surface area contributed by atoms with E-state index in [-0.39, 0.29) is 5.97 Å². The first kappa shape index (κ1) is 17.8. The number of amides is 2. The van der Waals surface area contributed by atoms with Gasteiger partial charge >= 0.3 is 12.0 Å². The highest BCUT2D eigenvalue weighted by molar-refractivity contribution is 5.95. The van der Waals surface area contributed by atoms with E-state index < -0.39 is 12.1 Å². The SMILES string of the molecule is CCCCC(NC(=O)Nc1ccc2ccccc2c1)C(=O)OCC. The van der Waals surface area contributed by atoms with E-state index in [0.29, 0.717) is 18.7 Å². The first-order chi connectivity index (χ1) is 11.6. The summed E-state index contributed by atoms with van der Waals surface area (Å²) >= 11 is 0. The lowest BCUT2D eigenvalue weighted by molar-refractivity contribution is -0.145. The van der Waals surface area contributed by atoms with Crippen LogP contribution in [0.5, 0.6) is 0 Å². The number of hydrogen-bond acceptors (Lipinski definition) is 3. The fourth-order valence-electron chi connectivity index (χ4n) is 2.49. The molecule has 0 aromatic heterocycles. The molecule has 2 N–H and O–H groups in total. The van der Waals surface area contributed by atoms with E-state index in [2.05, 4.69) is 10.6 Å². The normalized spacial score (nSPS) is 11.8. The van der Waals surface area contributed by atoms with Gasteiger partial charge in [0.25, 0.3) is 0 Å². The van der Waals surface area contributed by atoms with Crippen LogP contribution in [0.3, 0.4) is 0 Å². The summed E-state index contributed by atoms with van der Waals surface area (Å²) in [7, 11) is 0. The molecular weight excluding hydrogens is 304 g/mol. The molecule has 0 saturated carbocycles. The molecule has 0 saturated heterocycles. The van der Waals surface area contributed by atoms with Gasteiger partial charge in [0.1, 0.15) is 6.04 Å². The topological polar surface area (TPSA) is 67.4 Å². The van der Waals surface area contributed by atoms with Crippen LogP contribution in [0.25, 0.3) is 10.8 Å². The minimum atomic E-state index is -0.620. The number of esters is 1. The van der Waals surface area contributed by atoms with E-state index in [0.717, 1.165) is 23.6 Å². The molecular formula is C19H24N2O3. The van der Waals surface area contributed by atoms with E-state index in [1.807, 2.05) is 49.4 Å². The number of nitrogens with one attached hydrogen (secondary N) is 2. The molecule has 0 bridgehead atoms. The molecule has 0 heterocycles. The van der Waals surface area contributed by atoms with Crippen molar-refractivity contribution in [1.82, 2.24) is 5.32 Å². The van der Waals surface area contributed by atoms with Crippen LogP contribution in [-0.2, 0) is 9.53 Å². The van der Waals surface area contributed by atoms with Crippen molar-refractivity contribution in [2.24, 2.45) is 0 Å². The Bertz CT molecular complexity index is 700.